The van der Waals surface area contributed by atoms with Crippen LogP contribution in [0.3, 0.4) is 0 Å². The molecule has 2 heterocycles. The topological polar surface area (TPSA) is 58.4 Å². The van der Waals surface area contributed by atoms with Gasteiger partial charge >= 0.3 is 0 Å². The normalized spacial score (nSPS) is 21.5. The summed E-state index contributed by atoms with van der Waals surface area (Å²) in [6.45, 7) is 9.85. The molecule has 1 aromatic heterocycles. The molecule has 1 saturated heterocycles. The van der Waals surface area contributed by atoms with Gasteiger partial charge < -0.3 is 5.11 Å². The van der Waals surface area contributed by atoms with E-state index in [0.29, 0.717) is 12.3 Å². The summed E-state index contributed by atoms with van der Waals surface area (Å²) in [7, 11) is -0.783. The number of aliphatic hydroxyl groups is 1. The second-order valence-corrected chi connectivity index (χ2v) is 9.81. The van der Waals surface area contributed by atoms with Crippen LogP contribution in [-0.4, -0.2) is 49.1 Å². The standard InChI is InChI=1S/C21H29N3O2S.C2H6/c1-16-3-4-18-19(11-16)21(12-20(18)25)5-7-23(8-6-21)14-17-13-22-24(15-17)9-10-27(2)26;1-2/h3-4,11,13,15,20,25H,5-10,12,14H2,1-2H3;1-2H3. The van der Waals surface area contributed by atoms with Gasteiger partial charge in [-0.05, 0) is 50.4 Å². The van der Waals surface area contributed by atoms with Crippen molar-refractivity contribution in [3.63, 3.8) is 0 Å². The first-order valence-corrected chi connectivity index (χ1v) is 12.5. The van der Waals surface area contributed by atoms with E-state index in [4.69, 9.17) is 0 Å². The minimum atomic E-state index is -0.783. The Hall–Kier alpha value is -1.50. The van der Waals surface area contributed by atoms with Crippen LogP contribution in [0.15, 0.2) is 30.6 Å². The first kappa shape index (κ1) is 22.2. The lowest BCUT2D eigenvalue weighted by Gasteiger charge is -2.40. The van der Waals surface area contributed by atoms with Gasteiger partial charge in [-0.1, -0.05) is 37.6 Å². The van der Waals surface area contributed by atoms with Crippen LogP contribution in [0.5, 0.6) is 0 Å². The second kappa shape index (κ2) is 9.54. The summed E-state index contributed by atoms with van der Waals surface area (Å²) in [6.07, 6.45) is 8.50. The van der Waals surface area contributed by atoms with Crippen LogP contribution >= 0.6 is 0 Å². The lowest BCUT2D eigenvalue weighted by Crippen LogP contribution is -2.41. The van der Waals surface area contributed by atoms with E-state index in [1.165, 1.54) is 16.7 Å². The minimum absolute atomic E-state index is 0.145. The Kier molecular flexibility index (Phi) is 7.30. The van der Waals surface area contributed by atoms with Crippen LogP contribution in [0.25, 0.3) is 0 Å². The summed E-state index contributed by atoms with van der Waals surface area (Å²) in [5.41, 5.74) is 5.17. The fourth-order valence-corrected chi connectivity index (χ4v) is 5.16. The maximum absolute atomic E-state index is 11.2. The van der Waals surface area contributed by atoms with Crippen molar-refractivity contribution in [2.75, 3.05) is 25.1 Å². The molecule has 1 spiro atoms. The van der Waals surface area contributed by atoms with Gasteiger partial charge in [0.15, 0.2) is 0 Å². The number of likely N-dealkylation sites (tertiary alicyclic amines) is 1. The lowest BCUT2D eigenvalue weighted by molar-refractivity contribution is 0.106. The number of rotatable bonds is 5. The first-order chi connectivity index (χ1) is 13.9. The molecular weight excluding hydrogens is 382 g/mol. The van der Waals surface area contributed by atoms with Gasteiger partial charge in [0.1, 0.15) is 0 Å². The van der Waals surface area contributed by atoms with E-state index in [2.05, 4.69) is 41.3 Å². The monoisotopic (exact) mass is 417 g/mol. The highest BCUT2D eigenvalue weighted by molar-refractivity contribution is 7.84. The zero-order valence-corrected chi connectivity index (χ0v) is 19.0. The van der Waals surface area contributed by atoms with Gasteiger partial charge in [0.25, 0.3) is 0 Å². The number of hydrogen-bond acceptors (Lipinski definition) is 4. The molecule has 1 aromatic carbocycles. The van der Waals surface area contributed by atoms with Gasteiger partial charge in [-0.15, -0.1) is 0 Å². The smallest absolute Gasteiger partial charge is 0.0801 e. The van der Waals surface area contributed by atoms with Crippen molar-refractivity contribution in [2.45, 2.75) is 64.6 Å². The third kappa shape index (κ3) is 4.98. The number of nitrogens with zero attached hydrogens (tertiary/aromatic N) is 3. The second-order valence-electron chi connectivity index (χ2n) is 8.26. The molecule has 0 bridgehead atoms. The van der Waals surface area contributed by atoms with E-state index in [1.807, 2.05) is 24.7 Å². The Bertz CT molecular complexity index is 840. The van der Waals surface area contributed by atoms with Crippen molar-refractivity contribution < 1.29 is 9.32 Å². The predicted molar refractivity (Wildman–Crippen MR) is 119 cm³/mol. The van der Waals surface area contributed by atoms with Crippen LogP contribution in [-0.2, 0) is 29.3 Å². The van der Waals surface area contributed by atoms with Crippen molar-refractivity contribution in [2.24, 2.45) is 0 Å². The van der Waals surface area contributed by atoms with Gasteiger partial charge in [0.05, 0.1) is 18.8 Å². The fourth-order valence-electron chi connectivity index (χ4n) is 4.71. The Morgan fingerprint density at radius 2 is 2.00 bits per heavy atom. The van der Waals surface area contributed by atoms with E-state index < -0.39 is 10.8 Å². The number of fused-ring (bicyclic) bond motifs is 2. The summed E-state index contributed by atoms with van der Waals surface area (Å²) < 4.78 is 13.1. The molecule has 4 rings (SSSR count). The molecule has 160 valence electrons. The first-order valence-electron chi connectivity index (χ1n) is 10.8. The molecule has 29 heavy (non-hydrogen) atoms. The Balaban J connectivity index is 0.00000117. The molecule has 0 radical (unpaired) electrons. The van der Waals surface area contributed by atoms with Gasteiger partial charge in [0.2, 0.25) is 0 Å². The average molecular weight is 418 g/mol. The molecule has 1 fully saturated rings. The molecule has 2 aromatic rings. The number of aliphatic hydroxyl groups excluding tert-OH is 1. The molecule has 2 unspecified atom stereocenters. The van der Waals surface area contributed by atoms with E-state index >= 15 is 0 Å². The average Bonchev–Trinajstić information content (AvgIpc) is 3.26. The zero-order chi connectivity index (χ0) is 21.0. The van der Waals surface area contributed by atoms with Crippen molar-refractivity contribution >= 4 is 10.8 Å². The van der Waals surface area contributed by atoms with Crippen molar-refractivity contribution in [3.05, 3.63) is 52.8 Å². The third-order valence-electron chi connectivity index (χ3n) is 6.24. The highest BCUT2D eigenvalue weighted by Gasteiger charge is 2.44. The van der Waals surface area contributed by atoms with Gasteiger partial charge in [-0.2, -0.15) is 5.10 Å². The molecule has 0 amide bonds. The minimum Gasteiger partial charge on any atom is -0.388 e. The molecule has 1 N–H and O–H groups in total. The molecule has 1 aliphatic carbocycles. The van der Waals surface area contributed by atoms with E-state index in [-0.39, 0.29) is 11.5 Å². The highest BCUT2D eigenvalue weighted by atomic mass is 32.2. The quantitative estimate of drug-likeness (QED) is 0.808. The maximum Gasteiger partial charge on any atom is 0.0801 e. The number of benzene rings is 1. The van der Waals surface area contributed by atoms with E-state index in [9.17, 15) is 9.32 Å². The van der Waals surface area contributed by atoms with Gasteiger partial charge in [-0.25, -0.2) is 0 Å². The largest absolute Gasteiger partial charge is 0.388 e. The molecule has 2 atom stereocenters. The molecule has 6 heteroatoms. The maximum atomic E-state index is 11.2. The SMILES string of the molecule is CC.Cc1ccc2c(c1)C1(CCN(Cc3cnn(CCS(C)=O)c3)CC1)CC2O. The van der Waals surface area contributed by atoms with Crippen LogP contribution in [0.4, 0.5) is 0 Å². The number of piperidine rings is 1. The summed E-state index contributed by atoms with van der Waals surface area (Å²) >= 11 is 0. The molecule has 0 saturated carbocycles. The van der Waals surface area contributed by atoms with Gasteiger partial charge in [-0.3, -0.25) is 13.8 Å². The summed E-state index contributed by atoms with van der Waals surface area (Å²) in [6, 6.07) is 6.53. The Morgan fingerprint density at radius 1 is 1.28 bits per heavy atom. The van der Waals surface area contributed by atoms with Gasteiger partial charge in [0, 0.05) is 46.5 Å². The molecule has 2 aliphatic rings. The van der Waals surface area contributed by atoms with E-state index in [1.54, 1.807) is 6.26 Å². The number of aromatic nitrogens is 2. The Labute approximate surface area is 177 Å². The number of aryl methyl sites for hydroxylation is 2. The zero-order valence-electron chi connectivity index (χ0n) is 18.2. The molecule has 1 aliphatic heterocycles. The fraction of sp³-hybridized carbons (Fsp3) is 0.609. The van der Waals surface area contributed by atoms with Crippen LogP contribution in [0, 0.1) is 6.92 Å². The van der Waals surface area contributed by atoms with E-state index in [0.717, 1.165) is 44.5 Å². The molecular formula is C23H35N3O2S. The van der Waals surface area contributed by atoms with Crippen LogP contribution < -0.4 is 0 Å². The van der Waals surface area contributed by atoms with Crippen molar-refractivity contribution in [1.29, 1.82) is 0 Å². The lowest BCUT2D eigenvalue weighted by atomic mass is 9.73. The van der Waals surface area contributed by atoms with Crippen LogP contribution in [0.2, 0.25) is 0 Å². The Morgan fingerprint density at radius 3 is 2.69 bits per heavy atom. The third-order valence-corrected chi connectivity index (χ3v) is 6.99. The van der Waals surface area contributed by atoms with Crippen LogP contribution in [0.1, 0.15) is 61.5 Å². The van der Waals surface area contributed by atoms with Crippen molar-refractivity contribution in [3.8, 4) is 0 Å². The highest BCUT2D eigenvalue weighted by Crippen LogP contribution is 2.51. The molecule has 5 nitrogen and oxygen atoms in total. The summed E-state index contributed by atoms with van der Waals surface area (Å²) in [5, 5.41) is 14.9. The van der Waals surface area contributed by atoms with Crippen molar-refractivity contribution in [1.82, 2.24) is 14.7 Å². The summed E-state index contributed by atoms with van der Waals surface area (Å²) in [4.78, 5) is 2.49. The predicted octanol–water partition coefficient (Wildman–Crippen LogP) is 3.57. The summed E-state index contributed by atoms with van der Waals surface area (Å²) in [5.74, 6) is 0.647. The number of hydrogen-bond donors (Lipinski definition) is 1.